The minimum atomic E-state index is -0.0740. The zero-order chi connectivity index (χ0) is 19.3. The summed E-state index contributed by atoms with van der Waals surface area (Å²) < 4.78 is 13.6. The Labute approximate surface area is 172 Å². The van der Waals surface area contributed by atoms with E-state index in [0.29, 0.717) is 23.8 Å². The van der Waals surface area contributed by atoms with Crippen LogP contribution in [0.3, 0.4) is 0 Å². The van der Waals surface area contributed by atoms with Crippen molar-refractivity contribution in [1.29, 1.82) is 0 Å². The van der Waals surface area contributed by atoms with E-state index in [1.54, 1.807) is 11.3 Å². The first-order chi connectivity index (χ1) is 13.7. The second kappa shape index (κ2) is 8.94. The van der Waals surface area contributed by atoms with Gasteiger partial charge in [0.25, 0.3) is 0 Å². The number of para-hydroxylation sites is 1. The highest BCUT2D eigenvalue weighted by atomic mass is 32.2. The van der Waals surface area contributed by atoms with Crippen LogP contribution in [0.25, 0.3) is 10.2 Å². The molecule has 1 aliphatic heterocycles. The minimum absolute atomic E-state index is 0.0740. The highest BCUT2D eigenvalue weighted by molar-refractivity contribution is 8.01. The Hall–Kier alpha value is -2.09. The maximum absolute atomic E-state index is 12.5. The Bertz CT molecular complexity index is 934. The first kappa shape index (κ1) is 19.2. The van der Waals surface area contributed by atoms with Crippen LogP contribution in [0.4, 0.5) is 5.69 Å². The van der Waals surface area contributed by atoms with Gasteiger partial charge in [0.1, 0.15) is 12.4 Å². The van der Waals surface area contributed by atoms with E-state index >= 15 is 0 Å². The number of thiazole rings is 1. The molecule has 2 heterocycles. The molecule has 1 aliphatic rings. The molecular weight excluding hydrogens is 392 g/mol. The van der Waals surface area contributed by atoms with Crippen molar-refractivity contribution in [2.45, 2.75) is 30.2 Å². The summed E-state index contributed by atoms with van der Waals surface area (Å²) in [7, 11) is 0. The summed E-state index contributed by atoms with van der Waals surface area (Å²) in [6, 6.07) is 13.8. The van der Waals surface area contributed by atoms with Crippen molar-refractivity contribution in [3.8, 4) is 5.75 Å². The van der Waals surface area contributed by atoms with Crippen molar-refractivity contribution in [2.75, 3.05) is 24.3 Å². The smallest absolute Gasteiger partial charge is 0.234 e. The average Bonchev–Trinajstić information content (AvgIpc) is 3.35. The quantitative estimate of drug-likeness (QED) is 0.558. The molecule has 0 bridgehead atoms. The maximum Gasteiger partial charge on any atom is 0.234 e. The summed E-state index contributed by atoms with van der Waals surface area (Å²) in [6.07, 6.45) is 2.24. The van der Waals surface area contributed by atoms with Crippen LogP contribution in [-0.2, 0) is 9.53 Å². The van der Waals surface area contributed by atoms with Gasteiger partial charge in [-0.1, -0.05) is 30.0 Å². The largest absolute Gasteiger partial charge is 0.489 e. The molecule has 0 spiro atoms. The van der Waals surface area contributed by atoms with Gasteiger partial charge in [-0.05, 0) is 49.6 Å². The predicted molar refractivity (Wildman–Crippen MR) is 115 cm³/mol. The summed E-state index contributed by atoms with van der Waals surface area (Å²) in [6.45, 7) is 3.31. The Morgan fingerprint density at radius 3 is 3.07 bits per heavy atom. The molecular formula is C21H22N2O3S2. The third-order valence-electron chi connectivity index (χ3n) is 4.46. The number of ether oxygens (including phenoxy) is 2. The van der Waals surface area contributed by atoms with Gasteiger partial charge in [-0.3, -0.25) is 4.79 Å². The molecule has 5 nitrogen and oxygen atoms in total. The minimum Gasteiger partial charge on any atom is -0.489 e. The fourth-order valence-electron chi connectivity index (χ4n) is 3.04. The van der Waals surface area contributed by atoms with Crippen LogP contribution in [-0.4, -0.2) is 36.0 Å². The molecule has 1 aromatic heterocycles. The van der Waals surface area contributed by atoms with Gasteiger partial charge in [0.2, 0.25) is 5.91 Å². The number of nitrogens with zero attached hydrogens (tertiary/aromatic N) is 1. The standard InChI is InChI=1S/C21H22N2O3S2/c1-14-8-9-16(18(11-14)26-12-15-5-4-10-25-15)22-20(24)13-27-21-23-17-6-2-3-7-19(17)28-21/h2-3,6-9,11,15H,4-5,10,12-13H2,1H3,(H,22,24). The molecule has 1 amide bonds. The molecule has 0 saturated carbocycles. The van der Waals surface area contributed by atoms with E-state index in [0.717, 1.165) is 39.6 Å². The topological polar surface area (TPSA) is 60.5 Å². The third kappa shape index (κ3) is 4.84. The number of aromatic nitrogens is 1. The van der Waals surface area contributed by atoms with Crippen molar-refractivity contribution >= 4 is 44.9 Å². The number of aryl methyl sites for hydroxylation is 1. The normalized spacial score (nSPS) is 16.4. The number of hydrogen-bond acceptors (Lipinski definition) is 6. The second-order valence-corrected chi connectivity index (χ2v) is 8.98. The van der Waals surface area contributed by atoms with Crippen molar-refractivity contribution in [2.24, 2.45) is 0 Å². The number of thioether (sulfide) groups is 1. The van der Waals surface area contributed by atoms with Crippen molar-refractivity contribution in [1.82, 2.24) is 4.98 Å². The molecule has 146 valence electrons. The van der Waals surface area contributed by atoms with Gasteiger partial charge in [-0.2, -0.15) is 0 Å². The molecule has 1 unspecified atom stereocenters. The molecule has 4 rings (SSSR count). The number of hydrogen-bond donors (Lipinski definition) is 1. The lowest BCUT2D eigenvalue weighted by molar-refractivity contribution is -0.113. The van der Waals surface area contributed by atoms with Crippen LogP contribution >= 0.6 is 23.1 Å². The van der Waals surface area contributed by atoms with Crippen molar-refractivity contribution in [3.05, 3.63) is 48.0 Å². The molecule has 1 saturated heterocycles. The highest BCUT2D eigenvalue weighted by Gasteiger charge is 2.17. The monoisotopic (exact) mass is 414 g/mol. The second-order valence-electron chi connectivity index (χ2n) is 6.73. The molecule has 28 heavy (non-hydrogen) atoms. The molecule has 0 radical (unpaired) electrons. The van der Waals surface area contributed by atoms with Crippen LogP contribution in [0, 0.1) is 6.92 Å². The number of amides is 1. The van der Waals surface area contributed by atoms with E-state index in [2.05, 4.69) is 10.3 Å². The lowest BCUT2D eigenvalue weighted by Crippen LogP contribution is -2.18. The molecule has 1 fully saturated rings. The zero-order valence-corrected chi connectivity index (χ0v) is 17.3. The van der Waals surface area contributed by atoms with E-state index in [-0.39, 0.29) is 12.0 Å². The number of rotatable bonds is 7. The Morgan fingerprint density at radius 1 is 1.36 bits per heavy atom. The average molecular weight is 415 g/mol. The number of carbonyl (C=O) groups excluding carboxylic acids is 1. The molecule has 2 aromatic carbocycles. The van der Waals surface area contributed by atoms with Gasteiger partial charge in [0, 0.05) is 6.61 Å². The Morgan fingerprint density at radius 2 is 2.25 bits per heavy atom. The van der Waals surface area contributed by atoms with Crippen LogP contribution in [0.1, 0.15) is 18.4 Å². The zero-order valence-electron chi connectivity index (χ0n) is 15.6. The number of benzene rings is 2. The van der Waals surface area contributed by atoms with Gasteiger partial charge in [0.05, 0.1) is 27.8 Å². The molecule has 1 atom stereocenters. The fraction of sp³-hybridized carbons (Fsp3) is 0.333. The Balaban J connectivity index is 1.36. The molecule has 0 aliphatic carbocycles. The summed E-state index contributed by atoms with van der Waals surface area (Å²) in [5.41, 5.74) is 2.75. The van der Waals surface area contributed by atoms with Gasteiger partial charge < -0.3 is 14.8 Å². The van der Waals surface area contributed by atoms with E-state index in [1.807, 2.05) is 49.4 Å². The van der Waals surface area contributed by atoms with E-state index in [4.69, 9.17) is 9.47 Å². The summed E-state index contributed by atoms with van der Waals surface area (Å²) >= 11 is 3.06. The van der Waals surface area contributed by atoms with Gasteiger partial charge in [-0.25, -0.2) is 4.98 Å². The summed E-state index contributed by atoms with van der Waals surface area (Å²) in [5, 5.41) is 2.97. The van der Waals surface area contributed by atoms with Crippen LogP contribution in [0.2, 0.25) is 0 Å². The molecule has 1 N–H and O–H groups in total. The number of carbonyl (C=O) groups is 1. The predicted octanol–water partition coefficient (Wildman–Crippen LogP) is 4.89. The van der Waals surface area contributed by atoms with E-state index in [9.17, 15) is 4.79 Å². The van der Waals surface area contributed by atoms with E-state index in [1.165, 1.54) is 11.8 Å². The number of fused-ring (bicyclic) bond motifs is 1. The summed E-state index contributed by atoms with van der Waals surface area (Å²) in [4.78, 5) is 17.0. The van der Waals surface area contributed by atoms with Gasteiger partial charge >= 0.3 is 0 Å². The third-order valence-corrected chi connectivity index (χ3v) is 6.64. The van der Waals surface area contributed by atoms with Crippen LogP contribution < -0.4 is 10.1 Å². The Kier molecular flexibility index (Phi) is 6.14. The molecule has 3 aromatic rings. The first-order valence-electron chi connectivity index (χ1n) is 9.30. The fourth-order valence-corrected chi connectivity index (χ4v) is 4.91. The number of nitrogens with one attached hydrogen (secondary N) is 1. The van der Waals surface area contributed by atoms with Gasteiger partial charge in [-0.15, -0.1) is 11.3 Å². The van der Waals surface area contributed by atoms with Crippen molar-refractivity contribution < 1.29 is 14.3 Å². The van der Waals surface area contributed by atoms with Crippen molar-refractivity contribution in [3.63, 3.8) is 0 Å². The summed E-state index contributed by atoms with van der Waals surface area (Å²) in [5.74, 6) is 0.919. The number of anilines is 1. The highest BCUT2D eigenvalue weighted by Crippen LogP contribution is 2.30. The lowest BCUT2D eigenvalue weighted by atomic mass is 10.2. The SMILES string of the molecule is Cc1ccc(NC(=O)CSc2nc3ccccc3s2)c(OCC2CCCO2)c1. The lowest BCUT2D eigenvalue weighted by Gasteiger charge is -2.16. The first-order valence-corrected chi connectivity index (χ1v) is 11.1. The van der Waals surface area contributed by atoms with Crippen LogP contribution in [0.15, 0.2) is 46.8 Å². The maximum atomic E-state index is 12.5. The van der Waals surface area contributed by atoms with E-state index < -0.39 is 0 Å². The van der Waals surface area contributed by atoms with Gasteiger partial charge in [0.15, 0.2) is 4.34 Å². The molecule has 7 heteroatoms. The van der Waals surface area contributed by atoms with Crippen LogP contribution in [0.5, 0.6) is 5.75 Å².